The van der Waals surface area contributed by atoms with E-state index in [2.05, 4.69) is 29.2 Å². The van der Waals surface area contributed by atoms with Crippen molar-refractivity contribution >= 4 is 22.6 Å². The lowest BCUT2D eigenvalue weighted by atomic mass is 10.1. The van der Waals surface area contributed by atoms with Gasteiger partial charge in [-0.25, -0.2) is 0 Å². The number of carbonyl (C=O) groups is 1. The molecule has 0 atom stereocenters. The molecule has 5 heteroatoms. The smallest absolute Gasteiger partial charge is 0.258 e. The van der Waals surface area contributed by atoms with Gasteiger partial charge in [-0.1, -0.05) is 12.1 Å². The maximum absolute atomic E-state index is 13.2. The van der Waals surface area contributed by atoms with Gasteiger partial charge in [0.2, 0.25) is 0 Å². The molecule has 2 heterocycles. The highest BCUT2D eigenvalue weighted by Gasteiger charge is 2.22. The lowest BCUT2D eigenvalue weighted by molar-refractivity contribution is 0.0785. The SMILES string of the molecule is COc1ccc2oc(C)c(C(=O)N(C)Cc3ccc(N4CCCCC4)cc3)c2c1. The summed E-state index contributed by atoms with van der Waals surface area (Å²) in [6, 6.07) is 14.1. The van der Waals surface area contributed by atoms with E-state index in [4.69, 9.17) is 9.15 Å². The van der Waals surface area contributed by atoms with E-state index in [1.54, 1.807) is 12.0 Å². The zero-order valence-corrected chi connectivity index (χ0v) is 17.4. The fraction of sp³-hybridized carbons (Fsp3) is 0.375. The summed E-state index contributed by atoms with van der Waals surface area (Å²) in [4.78, 5) is 17.4. The Balaban J connectivity index is 1.51. The fourth-order valence-electron chi connectivity index (χ4n) is 4.09. The molecular weight excluding hydrogens is 364 g/mol. The van der Waals surface area contributed by atoms with Gasteiger partial charge in [0, 0.05) is 37.8 Å². The molecule has 0 radical (unpaired) electrons. The van der Waals surface area contributed by atoms with Crippen molar-refractivity contribution in [3.8, 4) is 5.75 Å². The number of methoxy groups -OCH3 is 1. The molecular formula is C24H28N2O3. The molecule has 3 aromatic rings. The Bertz CT molecular complexity index is 1000. The van der Waals surface area contributed by atoms with Crippen LogP contribution in [0.3, 0.4) is 0 Å². The topological polar surface area (TPSA) is 45.9 Å². The van der Waals surface area contributed by atoms with E-state index < -0.39 is 0 Å². The van der Waals surface area contributed by atoms with Crippen molar-refractivity contribution in [2.24, 2.45) is 0 Å². The molecule has 1 aliphatic heterocycles. The number of nitrogens with zero attached hydrogens (tertiary/aromatic N) is 2. The van der Waals surface area contributed by atoms with Crippen molar-refractivity contribution < 1.29 is 13.9 Å². The molecule has 1 aromatic heterocycles. The van der Waals surface area contributed by atoms with Crippen LogP contribution in [-0.4, -0.2) is 38.1 Å². The van der Waals surface area contributed by atoms with Crippen LogP contribution in [0.5, 0.6) is 5.75 Å². The molecule has 0 aliphatic carbocycles. The fourth-order valence-corrected chi connectivity index (χ4v) is 4.09. The predicted molar refractivity (Wildman–Crippen MR) is 116 cm³/mol. The molecule has 1 aliphatic rings. The maximum atomic E-state index is 13.2. The number of furan rings is 1. The number of fused-ring (bicyclic) bond motifs is 1. The molecule has 0 spiro atoms. The predicted octanol–water partition coefficient (Wildman–Crippen LogP) is 5.01. The molecule has 1 amide bonds. The number of hydrogen-bond acceptors (Lipinski definition) is 4. The molecule has 0 N–H and O–H groups in total. The van der Waals surface area contributed by atoms with Crippen molar-refractivity contribution in [3.05, 3.63) is 59.4 Å². The van der Waals surface area contributed by atoms with Gasteiger partial charge < -0.3 is 19.0 Å². The summed E-state index contributed by atoms with van der Waals surface area (Å²) in [6.07, 6.45) is 3.86. The zero-order chi connectivity index (χ0) is 20.4. The van der Waals surface area contributed by atoms with E-state index in [0.717, 1.165) is 24.0 Å². The number of carbonyl (C=O) groups excluding carboxylic acids is 1. The number of piperidine rings is 1. The van der Waals surface area contributed by atoms with Crippen molar-refractivity contribution in [3.63, 3.8) is 0 Å². The number of ether oxygens (including phenoxy) is 1. The van der Waals surface area contributed by atoms with Crippen LogP contribution in [0.15, 0.2) is 46.9 Å². The molecule has 4 rings (SSSR count). The van der Waals surface area contributed by atoms with Gasteiger partial charge in [-0.15, -0.1) is 0 Å². The second-order valence-corrected chi connectivity index (χ2v) is 7.77. The third-order valence-corrected chi connectivity index (χ3v) is 5.71. The Hall–Kier alpha value is -2.95. The Morgan fingerprint density at radius 3 is 2.52 bits per heavy atom. The molecule has 2 aromatic carbocycles. The number of aryl methyl sites for hydroxylation is 1. The molecule has 0 saturated carbocycles. The van der Waals surface area contributed by atoms with Gasteiger partial charge in [-0.3, -0.25) is 4.79 Å². The van der Waals surface area contributed by atoms with E-state index in [1.807, 2.05) is 32.2 Å². The molecule has 1 fully saturated rings. The first kappa shape index (κ1) is 19.4. The van der Waals surface area contributed by atoms with Gasteiger partial charge >= 0.3 is 0 Å². The minimum atomic E-state index is -0.0467. The number of amides is 1. The molecule has 0 bridgehead atoms. The second kappa shape index (κ2) is 8.19. The first-order valence-electron chi connectivity index (χ1n) is 10.2. The van der Waals surface area contributed by atoms with Crippen LogP contribution < -0.4 is 9.64 Å². The van der Waals surface area contributed by atoms with E-state index in [-0.39, 0.29) is 5.91 Å². The van der Waals surface area contributed by atoms with Gasteiger partial charge in [0.1, 0.15) is 17.1 Å². The highest BCUT2D eigenvalue weighted by Crippen LogP contribution is 2.30. The van der Waals surface area contributed by atoms with E-state index >= 15 is 0 Å². The monoisotopic (exact) mass is 392 g/mol. The van der Waals surface area contributed by atoms with Gasteiger partial charge in [-0.2, -0.15) is 0 Å². The maximum Gasteiger partial charge on any atom is 0.258 e. The van der Waals surface area contributed by atoms with Crippen molar-refractivity contribution in [1.82, 2.24) is 4.90 Å². The first-order chi connectivity index (χ1) is 14.1. The van der Waals surface area contributed by atoms with Gasteiger partial charge in [-0.05, 0) is 62.1 Å². The highest BCUT2D eigenvalue weighted by molar-refractivity contribution is 6.07. The normalized spacial score (nSPS) is 14.2. The third kappa shape index (κ3) is 3.95. The van der Waals surface area contributed by atoms with Crippen LogP contribution in [0, 0.1) is 6.92 Å². The lowest BCUT2D eigenvalue weighted by Gasteiger charge is -2.29. The van der Waals surface area contributed by atoms with E-state index in [0.29, 0.717) is 29.2 Å². The van der Waals surface area contributed by atoms with Crippen LogP contribution >= 0.6 is 0 Å². The summed E-state index contributed by atoms with van der Waals surface area (Å²) in [6.45, 7) is 4.65. The first-order valence-corrected chi connectivity index (χ1v) is 10.2. The van der Waals surface area contributed by atoms with Crippen LogP contribution in [0.1, 0.15) is 40.9 Å². The van der Waals surface area contributed by atoms with Crippen molar-refractivity contribution in [2.75, 3.05) is 32.1 Å². The Kier molecular flexibility index (Phi) is 5.47. The minimum absolute atomic E-state index is 0.0467. The summed E-state index contributed by atoms with van der Waals surface area (Å²) in [7, 11) is 3.45. The summed E-state index contributed by atoms with van der Waals surface area (Å²) in [5, 5.41) is 0.791. The average molecular weight is 392 g/mol. The standard InChI is InChI=1S/C24H28N2O3/c1-17-23(21-15-20(28-3)11-12-22(21)29-17)24(27)25(2)16-18-7-9-19(10-8-18)26-13-5-4-6-14-26/h7-12,15H,4-6,13-14,16H2,1-3H3. The quantitative estimate of drug-likeness (QED) is 0.612. The highest BCUT2D eigenvalue weighted by atomic mass is 16.5. The number of rotatable bonds is 5. The van der Waals surface area contributed by atoms with E-state index in [1.165, 1.54) is 24.9 Å². The van der Waals surface area contributed by atoms with Crippen LogP contribution in [0.4, 0.5) is 5.69 Å². The molecule has 5 nitrogen and oxygen atoms in total. The van der Waals surface area contributed by atoms with Gasteiger partial charge in [0.05, 0.1) is 12.7 Å². The summed E-state index contributed by atoms with van der Waals surface area (Å²) in [5.74, 6) is 1.29. The second-order valence-electron chi connectivity index (χ2n) is 7.77. The Morgan fingerprint density at radius 1 is 1.10 bits per heavy atom. The van der Waals surface area contributed by atoms with Gasteiger partial charge in [0.25, 0.3) is 5.91 Å². The molecule has 29 heavy (non-hydrogen) atoms. The largest absolute Gasteiger partial charge is 0.497 e. The minimum Gasteiger partial charge on any atom is -0.497 e. The number of benzene rings is 2. The average Bonchev–Trinajstić information content (AvgIpc) is 3.09. The zero-order valence-electron chi connectivity index (χ0n) is 17.4. The van der Waals surface area contributed by atoms with Crippen molar-refractivity contribution in [2.45, 2.75) is 32.7 Å². The van der Waals surface area contributed by atoms with Crippen LogP contribution in [0.2, 0.25) is 0 Å². The summed E-state index contributed by atoms with van der Waals surface area (Å²) in [5.41, 5.74) is 3.69. The third-order valence-electron chi connectivity index (χ3n) is 5.71. The Labute approximate surface area is 171 Å². The van der Waals surface area contributed by atoms with Crippen molar-refractivity contribution in [1.29, 1.82) is 0 Å². The Morgan fingerprint density at radius 2 is 1.83 bits per heavy atom. The number of hydrogen-bond donors (Lipinski definition) is 0. The number of anilines is 1. The molecule has 0 unspecified atom stereocenters. The van der Waals surface area contributed by atoms with Gasteiger partial charge in [0.15, 0.2) is 0 Å². The summed E-state index contributed by atoms with van der Waals surface area (Å²) < 4.78 is 11.1. The molecule has 1 saturated heterocycles. The van der Waals surface area contributed by atoms with E-state index in [9.17, 15) is 4.79 Å². The lowest BCUT2D eigenvalue weighted by Crippen LogP contribution is -2.29. The summed E-state index contributed by atoms with van der Waals surface area (Å²) >= 11 is 0. The molecule has 152 valence electrons. The van der Waals surface area contributed by atoms with Crippen LogP contribution in [0.25, 0.3) is 11.0 Å². The van der Waals surface area contributed by atoms with Crippen LogP contribution in [-0.2, 0) is 6.54 Å².